The van der Waals surface area contributed by atoms with Gasteiger partial charge in [-0.25, -0.2) is 4.39 Å². The lowest BCUT2D eigenvalue weighted by Crippen LogP contribution is -2.32. The number of hydrogen-bond donors (Lipinski definition) is 1. The molecule has 0 amide bonds. The number of anilines is 1. The van der Waals surface area contributed by atoms with Gasteiger partial charge in [0.2, 0.25) is 0 Å². The largest absolute Gasteiger partial charge is 0.433 e. The van der Waals surface area contributed by atoms with Gasteiger partial charge < -0.3 is 5.32 Å². The van der Waals surface area contributed by atoms with E-state index in [4.69, 9.17) is 0 Å². The summed E-state index contributed by atoms with van der Waals surface area (Å²) in [5, 5.41) is 2.72. The second-order valence-corrected chi connectivity index (χ2v) is 9.12. The average molecular weight is 479 g/mol. The summed E-state index contributed by atoms with van der Waals surface area (Å²) in [5.74, 6) is -0.167. The molecule has 2 rings (SSSR count). The van der Waals surface area contributed by atoms with Gasteiger partial charge in [0.05, 0.1) is 0 Å². The molecule has 186 valence electrons. The maximum atomic E-state index is 14.2. The molecule has 1 atom stereocenters. The standard InChI is InChI=1S/C26H34F4N4/c1-18(16-32-20(3)19(2)25(4)10-7-6-8-11-25)21-13-22(27)15-23(14-21)33-17-34-24(9-12-31-5)26(28,29)30/h9,12-16,19,33H,5-8,10-11,17H2,1-4H3/b12-9-,18-16+,32-20?,34-24?. The Morgan fingerprint density at radius 2 is 1.85 bits per heavy atom. The van der Waals surface area contributed by atoms with Crippen molar-refractivity contribution >= 4 is 29.4 Å². The van der Waals surface area contributed by atoms with Crippen molar-refractivity contribution in [1.29, 1.82) is 0 Å². The van der Waals surface area contributed by atoms with Gasteiger partial charge in [0, 0.05) is 23.8 Å². The monoisotopic (exact) mass is 478 g/mol. The highest BCUT2D eigenvalue weighted by Gasteiger charge is 2.34. The summed E-state index contributed by atoms with van der Waals surface area (Å²) in [5.41, 5.74) is 1.84. The van der Waals surface area contributed by atoms with Gasteiger partial charge in [-0.3, -0.25) is 15.0 Å². The van der Waals surface area contributed by atoms with Gasteiger partial charge in [-0.15, -0.1) is 0 Å². The van der Waals surface area contributed by atoms with Gasteiger partial charge in [-0.1, -0.05) is 33.1 Å². The van der Waals surface area contributed by atoms with E-state index in [2.05, 4.69) is 40.9 Å². The molecule has 8 heteroatoms. The topological polar surface area (TPSA) is 49.1 Å². The number of nitrogens with zero attached hydrogens (tertiary/aromatic N) is 3. The van der Waals surface area contributed by atoms with Gasteiger partial charge >= 0.3 is 6.18 Å². The molecule has 1 aliphatic rings. The van der Waals surface area contributed by atoms with E-state index in [0.717, 1.165) is 23.6 Å². The minimum absolute atomic E-state index is 0.246. The highest BCUT2D eigenvalue weighted by molar-refractivity contribution is 5.99. The lowest BCUT2D eigenvalue weighted by Gasteiger charge is -2.39. The third kappa shape index (κ3) is 7.92. The Kier molecular flexibility index (Phi) is 9.77. The molecule has 1 N–H and O–H groups in total. The lowest BCUT2D eigenvalue weighted by molar-refractivity contribution is -0.0578. The fraction of sp³-hybridized carbons (Fsp3) is 0.500. The van der Waals surface area contributed by atoms with Crippen LogP contribution in [0.1, 0.15) is 65.4 Å². The molecule has 0 heterocycles. The molecule has 0 bridgehead atoms. The zero-order chi connectivity index (χ0) is 25.4. The Morgan fingerprint density at radius 3 is 2.47 bits per heavy atom. The fourth-order valence-electron chi connectivity index (χ4n) is 4.18. The van der Waals surface area contributed by atoms with Crippen molar-refractivity contribution in [1.82, 2.24) is 0 Å². The number of hydrogen-bond acceptors (Lipinski definition) is 4. The van der Waals surface area contributed by atoms with Crippen LogP contribution < -0.4 is 5.32 Å². The SMILES string of the molecule is C=N/C=C\C(=NCNc1cc(F)cc(/C(C)=C/N=C(C)C(C)C2(C)CCCCC2)c1)C(F)(F)F. The van der Waals surface area contributed by atoms with E-state index in [-0.39, 0.29) is 12.1 Å². The Balaban J connectivity index is 2.16. The van der Waals surface area contributed by atoms with E-state index in [1.54, 1.807) is 12.3 Å². The van der Waals surface area contributed by atoms with Gasteiger partial charge in [0.1, 0.15) is 18.2 Å². The molecule has 1 unspecified atom stereocenters. The maximum Gasteiger partial charge on any atom is 0.433 e. The van der Waals surface area contributed by atoms with Gasteiger partial charge in [0.25, 0.3) is 0 Å². The van der Waals surface area contributed by atoms with Crippen LogP contribution >= 0.6 is 0 Å². The molecule has 1 aromatic rings. The Labute approximate surface area is 199 Å². The fourth-order valence-corrected chi connectivity index (χ4v) is 4.18. The van der Waals surface area contributed by atoms with Gasteiger partial charge in [-0.2, -0.15) is 13.2 Å². The third-order valence-corrected chi connectivity index (χ3v) is 6.64. The van der Waals surface area contributed by atoms with Crippen LogP contribution in [0, 0.1) is 17.2 Å². The first kappa shape index (κ1) is 27.5. The minimum Gasteiger partial charge on any atom is -0.366 e. The number of allylic oxidation sites excluding steroid dienone is 2. The lowest BCUT2D eigenvalue weighted by atomic mass is 9.66. The van der Waals surface area contributed by atoms with Crippen LogP contribution in [0.5, 0.6) is 0 Å². The van der Waals surface area contributed by atoms with Crippen LogP contribution in [-0.2, 0) is 0 Å². The Bertz CT molecular complexity index is 968. The molecule has 4 nitrogen and oxygen atoms in total. The summed E-state index contributed by atoms with van der Waals surface area (Å²) in [7, 11) is 0. The van der Waals surface area contributed by atoms with Crippen molar-refractivity contribution in [3.8, 4) is 0 Å². The van der Waals surface area contributed by atoms with E-state index in [9.17, 15) is 17.6 Å². The summed E-state index contributed by atoms with van der Waals surface area (Å²) >= 11 is 0. The quantitative estimate of drug-likeness (QED) is 0.285. The molecular formula is C26H34F4N4. The molecule has 1 aliphatic carbocycles. The predicted octanol–water partition coefficient (Wildman–Crippen LogP) is 7.84. The number of benzene rings is 1. The van der Waals surface area contributed by atoms with E-state index in [0.29, 0.717) is 17.2 Å². The predicted molar refractivity (Wildman–Crippen MR) is 134 cm³/mol. The molecule has 0 saturated heterocycles. The minimum atomic E-state index is -4.63. The van der Waals surface area contributed by atoms with Crippen molar-refractivity contribution in [2.75, 3.05) is 12.0 Å². The highest BCUT2D eigenvalue weighted by Crippen LogP contribution is 2.42. The highest BCUT2D eigenvalue weighted by atomic mass is 19.4. The molecule has 0 aliphatic heterocycles. The van der Waals surface area contributed by atoms with Gasteiger partial charge in [0.15, 0.2) is 0 Å². The van der Waals surface area contributed by atoms with Crippen molar-refractivity contribution in [2.24, 2.45) is 26.3 Å². The number of aliphatic imine (C=N–C) groups is 3. The van der Waals surface area contributed by atoms with Crippen molar-refractivity contribution in [3.05, 3.63) is 48.1 Å². The second-order valence-electron chi connectivity index (χ2n) is 9.12. The van der Waals surface area contributed by atoms with Crippen LogP contribution in [0.4, 0.5) is 23.2 Å². The van der Waals surface area contributed by atoms with Crippen LogP contribution in [0.2, 0.25) is 0 Å². The van der Waals surface area contributed by atoms with Crippen molar-refractivity contribution in [2.45, 2.75) is 66.0 Å². The Morgan fingerprint density at radius 1 is 1.18 bits per heavy atom. The van der Waals surface area contributed by atoms with E-state index >= 15 is 0 Å². The third-order valence-electron chi connectivity index (χ3n) is 6.64. The van der Waals surface area contributed by atoms with Crippen LogP contribution in [-0.4, -0.2) is 31.0 Å². The maximum absolute atomic E-state index is 14.2. The second kappa shape index (κ2) is 12.1. The summed E-state index contributed by atoms with van der Waals surface area (Å²) in [6.07, 6.45) is 4.92. The average Bonchev–Trinajstić information content (AvgIpc) is 2.78. The van der Waals surface area contributed by atoms with E-state index in [1.165, 1.54) is 44.2 Å². The summed E-state index contributed by atoms with van der Waals surface area (Å²) in [6.45, 7) is 11.1. The molecule has 0 spiro atoms. The van der Waals surface area contributed by atoms with Crippen LogP contribution in [0.3, 0.4) is 0 Å². The molecule has 1 aromatic carbocycles. The molecule has 1 fully saturated rings. The Hall–Kier alpha value is -2.77. The van der Waals surface area contributed by atoms with E-state index < -0.39 is 17.7 Å². The molecule has 0 aromatic heterocycles. The summed E-state index contributed by atoms with van der Waals surface area (Å²) in [4.78, 5) is 11.4. The van der Waals surface area contributed by atoms with E-state index in [1.807, 2.05) is 13.8 Å². The van der Waals surface area contributed by atoms with Gasteiger partial charge in [-0.05, 0) is 80.2 Å². The molecule has 34 heavy (non-hydrogen) atoms. The smallest absolute Gasteiger partial charge is 0.366 e. The molecule has 0 radical (unpaired) electrons. The van der Waals surface area contributed by atoms with Crippen molar-refractivity contribution in [3.63, 3.8) is 0 Å². The summed E-state index contributed by atoms with van der Waals surface area (Å²) < 4.78 is 53.2. The zero-order valence-corrected chi connectivity index (χ0v) is 20.3. The zero-order valence-electron chi connectivity index (χ0n) is 20.3. The first-order chi connectivity index (χ1) is 16.0. The first-order valence-electron chi connectivity index (χ1n) is 11.5. The number of halogens is 4. The first-order valence-corrected chi connectivity index (χ1v) is 11.5. The summed E-state index contributed by atoms with van der Waals surface area (Å²) in [6, 6.07) is 4.24. The number of alkyl halides is 3. The molecular weight excluding hydrogens is 444 g/mol. The van der Waals surface area contributed by atoms with Crippen molar-refractivity contribution < 1.29 is 17.6 Å². The molecule has 1 saturated carbocycles. The number of nitrogens with one attached hydrogen (secondary N) is 1. The number of rotatable bonds is 9. The normalized spacial score (nSPS) is 18.8. The van der Waals surface area contributed by atoms with Crippen LogP contribution in [0.25, 0.3) is 5.57 Å². The van der Waals surface area contributed by atoms with Crippen LogP contribution in [0.15, 0.2) is 51.7 Å².